The summed E-state index contributed by atoms with van der Waals surface area (Å²) in [7, 11) is -4.33. The summed E-state index contributed by atoms with van der Waals surface area (Å²) in [4.78, 5) is 63.0. The van der Waals surface area contributed by atoms with Gasteiger partial charge >= 0.3 is 7.60 Å². The summed E-state index contributed by atoms with van der Waals surface area (Å²) >= 11 is 0. The van der Waals surface area contributed by atoms with Gasteiger partial charge in [-0.25, -0.2) is 5.06 Å². The fourth-order valence-electron chi connectivity index (χ4n) is 5.11. The third-order valence-electron chi connectivity index (χ3n) is 7.28. The molecule has 3 rings (SSSR count). The van der Waals surface area contributed by atoms with Crippen molar-refractivity contribution in [3.63, 3.8) is 0 Å². The Labute approximate surface area is 269 Å². The van der Waals surface area contributed by atoms with Gasteiger partial charge in [-0.1, -0.05) is 63.4 Å². The van der Waals surface area contributed by atoms with E-state index in [1.54, 1.807) is 31.2 Å². The van der Waals surface area contributed by atoms with E-state index in [9.17, 15) is 28.7 Å². The van der Waals surface area contributed by atoms with Crippen molar-refractivity contribution >= 4 is 25.8 Å². The minimum atomic E-state index is -4.33. The maximum atomic E-state index is 13.4. The van der Waals surface area contributed by atoms with Gasteiger partial charge in [-0.05, 0) is 61.2 Å². The molecule has 0 saturated carbocycles. The summed E-state index contributed by atoms with van der Waals surface area (Å²) in [6, 6.07) is 16.7. The van der Waals surface area contributed by atoms with Crippen molar-refractivity contribution in [1.82, 2.24) is 15.7 Å². The second kappa shape index (κ2) is 18.3. The van der Waals surface area contributed by atoms with Gasteiger partial charge in [0, 0.05) is 5.56 Å². The Morgan fingerprint density at radius 2 is 1.76 bits per heavy atom. The molecule has 0 aliphatic rings. The van der Waals surface area contributed by atoms with Crippen LogP contribution in [-0.4, -0.2) is 52.4 Å². The first-order valence-corrected chi connectivity index (χ1v) is 17.3. The molecule has 1 aromatic heterocycles. The van der Waals surface area contributed by atoms with Crippen molar-refractivity contribution in [2.75, 3.05) is 13.3 Å². The Morgan fingerprint density at radius 1 is 1.00 bits per heavy atom. The van der Waals surface area contributed by atoms with Gasteiger partial charge in [-0.3, -0.25) is 23.8 Å². The molecule has 0 fully saturated rings. The molecule has 3 amide bonds. The third-order valence-corrected chi connectivity index (χ3v) is 8.06. The van der Waals surface area contributed by atoms with Crippen LogP contribution >= 0.6 is 7.60 Å². The molecule has 0 aliphatic heterocycles. The first kappa shape index (κ1) is 36.5. The van der Waals surface area contributed by atoms with Crippen LogP contribution in [0.5, 0.6) is 5.75 Å². The van der Waals surface area contributed by atoms with Crippen molar-refractivity contribution < 1.29 is 42.7 Å². The topological polar surface area (TPSA) is 168 Å². The zero-order valence-corrected chi connectivity index (χ0v) is 27.4. The number of hydrogen-bond acceptors (Lipinski definition) is 7. The van der Waals surface area contributed by atoms with E-state index in [4.69, 9.17) is 14.0 Å². The molecule has 13 heteroatoms. The van der Waals surface area contributed by atoms with E-state index in [0.29, 0.717) is 48.5 Å². The third kappa shape index (κ3) is 11.4. The quantitative estimate of drug-likeness (QED) is 0.0409. The van der Waals surface area contributed by atoms with Gasteiger partial charge in [0.1, 0.15) is 18.1 Å². The highest BCUT2D eigenvalue weighted by molar-refractivity contribution is 7.50. The van der Waals surface area contributed by atoms with E-state index in [1.807, 2.05) is 37.3 Å². The van der Waals surface area contributed by atoms with Crippen LogP contribution in [0.3, 0.4) is 0 Å². The zero-order chi connectivity index (χ0) is 33.5. The van der Waals surface area contributed by atoms with Gasteiger partial charge in [-0.15, -0.1) is 0 Å². The lowest BCUT2D eigenvalue weighted by Gasteiger charge is -2.32. The van der Waals surface area contributed by atoms with Gasteiger partial charge in [0.2, 0.25) is 12.3 Å². The monoisotopic (exact) mass is 657 g/mol. The molecule has 3 aromatic rings. The van der Waals surface area contributed by atoms with Crippen LogP contribution in [0.15, 0.2) is 65.1 Å². The number of benzene rings is 2. The first-order chi connectivity index (χ1) is 22.1. The van der Waals surface area contributed by atoms with E-state index < -0.39 is 31.6 Å². The summed E-state index contributed by atoms with van der Waals surface area (Å²) in [5.74, 6) is -0.762. The molecule has 0 bridgehead atoms. The van der Waals surface area contributed by atoms with Gasteiger partial charge < -0.3 is 29.6 Å². The largest absolute Gasteiger partial charge is 0.494 e. The minimum Gasteiger partial charge on any atom is -0.494 e. The lowest BCUT2D eigenvalue weighted by atomic mass is 9.90. The Hall–Kier alpha value is -3.96. The standard InChI is InChI=1S/C33H44N3O9P/c1-4-7-9-14-28(29(5-2)36(23-37)44-20-24-12-10-8-11-13-24)32(38)34-22-35-33(39)31-16-15-30(45-31)26-17-25(21-46(40,41)42)18-27(19-26)43-6-3/h8,10-13,15-19,23,28-29H,4-7,9,14,20-22H2,1-3H3,(H,34,38)(H,35,39)(H2,40,41,42)/t28-,29-/m1/s1. The van der Waals surface area contributed by atoms with E-state index in [-0.39, 0.29) is 24.9 Å². The van der Waals surface area contributed by atoms with Gasteiger partial charge in [-0.2, -0.15) is 0 Å². The summed E-state index contributed by atoms with van der Waals surface area (Å²) < 4.78 is 22.9. The molecular weight excluding hydrogens is 613 g/mol. The van der Waals surface area contributed by atoms with Crippen LogP contribution in [0, 0.1) is 5.92 Å². The second-order valence-corrected chi connectivity index (χ2v) is 12.5. The summed E-state index contributed by atoms with van der Waals surface area (Å²) in [5.41, 5.74) is 1.73. The number of hydroxylamine groups is 2. The Balaban J connectivity index is 1.66. The van der Waals surface area contributed by atoms with E-state index in [2.05, 4.69) is 17.6 Å². The van der Waals surface area contributed by atoms with E-state index >= 15 is 0 Å². The van der Waals surface area contributed by atoms with Crippen molar-refractivity contribution in [2.24, 2.45) is 5.92 Å². The average molecular weight is 658 g/mol. The van der Waals surface area contributed by atoms with Crippen molar-refractivity contribution in [3.8, 4) is 17.1 Å². The predicted octanol–water partition coefficient (Wildman–Crippen LogP) is 5.39. The zero-order valence-electron chi connectivity index (χ0n) is 26.5. The molecule has 46 heavy (non-hydrogen) atoms. The summed E-state index contributed by atoms with van der Waals surface area (Å²) in [6.07, 6.45) is 3.84. The lowest BCUT2D eigenvalue weighted by molar-refractivity contribution is -0.200. The maximum Gasteiger partial charge on any atom is 0.329 e. The summed E-state index contributed by atoms with van der Waals surface area (Å²) in [5, 5.41) is 6.62. The molecule has 250 valence electrons. The van der Waals surface area contributed by atoms with Crippen LogP contribution < -0.4 is 15.4 Å². The highest BCUT2D eigenvalue weighted by Crippen LogP contribution is 2.41. The van der Waals surface area contributed by atoms with Crippen molar-refractivity contribution in [3.05, 3.63) is 77.6 Å². The fraction of sp³-hybridized carbons (Fsp3) is 0.424. The van der Waals surface area contributed by atoms with Gasteiger partial charge in [0.25, 0.3) is 5.91 Å². The maximum absolute atomic E-state index is 13.4. The minimum absolute atomic E-state index is 0.0185. The molecule has 4 N–H and O–H groups in total. The average Bonchev–Trinajstić information content (AvgIpc) is 3.52. The van der Waals surface area contributed by atoms with Gasteiger partial charge in [0.05, 0.1) is 31.4 Å². The number of amides is 3. The molecule has 0 spiro atoms. The van der Waals surface area contributed by atoms with E-state index in [0.717, 1.165) is 24.8 Å². The molecule has 0 radical (unpaired) electrons. The fourth-order valence-corrected chi connectivity index (χ4v) is 5.77. The van der Waals surface area contributed by atoms with E-state index in [1.165, 1.54) is 11.1 Å². The molecule has 12 nitrogen and oxygen atoms in total. The number of furan rings is 1. The number of carbonyl (C=O) groups excluding carboxylic acids is 3. The number of rotatable bonds is 20. The highest BCUT2D eigenvalue weighted by atomic mass is 31.2. The number of nitrogens with one attached hydrogen (secondary N) is 2. The number of nitrogens with zero attached hydrogens (tertiary/aromatic N) is 1. The number of ether oxygens (including phenoxy) is 1. The van der Waals surface area contributed by atoms with Crippen molar-refractivity contribution in [1.29, 1.82) is 0 Å². The van der Waals surface area contributed by atoms with Crippen LogP contribution in [0.2, 0.25) is 0 Å². The van der Waals surface area contributed by atoms with Gasteiger partial charge in [0.15, 0.2) is 5.76 Å². The molecule has 0 aliphatic carbocycles. The molecule has 0 saturated heterocycles. The van der Waals surface area contributed by atoms with Crippen LogP contribution in [0.4, 0.5) is 0 Å². The van der Waals surface area contributed by atoms with Crippen LogP contribution in [0.25, 0.3) is 11.3 Å². The van der Waals surface area contributed by atoms with Crippen LogP contribution in [-0.2, 0) is 31.8 Å². The van der Waals surface area contributed by atoms with Crippen LogP contribution in [0.1, 0.15) is 74.6 Å². The molecule has 2 atom stereocenters. The summed E-state index contributed by atoms with van der Waals surface area (Å²) in [6.45, 7) is 6.11. The number of hydrogen-bond donors (Lipinski definition) is 4. The second-order valence-electron chi connectivity index (χ2n) is 10.8. The number of unbranched alkanes of at least 4 members (excludes halogenated alkanes) is 2. The normalized spacial score (nSPS) is 12.6. The molecule has 2 aromatic carbocycles. The number of carbonyl (C=O) groups is 3. The van der Waals surface area contributed by atoms with Crippen molar-refractivity contribution in [2.45, 2.75) is 71.7 Å². The molecule has 0 unspecified atom stereocenters. The molecule has 1 heterocycles. The Morgan fingerprint density at radius 3 is 2.41 bits per heavy atom. The lowest BCUT2D eigenvalue weighted by Crippen LogP contribution is -2.48. The smallest absolute Gasteiger partial charge is 0.329 e. The Bertz CT molecular complexity index is 1460. The highest BCUT2D eigenvalue weighted by Gasteiger charge is 2.32. The molecular formula is C33H44N3O9P. The predicted molar refractivity (Wildman–Crippen MR) is 172 cm³/mol. The Kier molecular flexibility index (Phi) is 14.5. The first-order valence-electron chi connectivity index (χ1n) is 15.5. The SMILES string of the molecule is CCCCC[C@@H](C(=O)NCNC(=O)c1ccc(-c2cc(CP(=O)(O)O)cc(OCC)c2)o1)[C@@H](CC)N(C=O)OCc1ccccc1.